The normalized spacial score (nSPS) is 12.8. The fourth-order valence-corrected chi connectivity index (χ4v) is 3.08. The van der Waals surface area contributed by atoms with Gasteiger partial charge in [-0.3, -0.25) is 4.72 Å². The lowest BCUT2D eigenvalue weighted by molar-refractivity contribution is 0.420. The van der Waals surface area contributed by atoms with Crippen LogP contribution in [0.1, 0.15) is 29.8 Å². The smallest absolute Gasteiger partial charge is 0.257 e. The predicted molar refractivity (Wildman–Crippen MR) is 96.9 cm³/mol. The van der Waals surface area contributed by atoms with Gasteiger partial charge in [0.2, 0.25) is 10.0 Å². The highest BCUT2D eigenvalue weighted by molar-refractivity contribution is 7.92. The molecule has 0 bridgehead atoms. The summed E-state index contributed by atoms with van der Waals surface area (Å²) in [6.07, 6.45) is 1.11. The van der Waals surface area contributed by atoms with E-state index in [1.54, 1.807) is 24.3 Å². The number of nitrogens with zero attached hydrogens (tertiary/aromatic N) is 2. The molecule has 130 valence electrons. The zero-order valence-electron chi connectivity index (χ0n) is 14.2. The minimum Gasteiger partial charge on any atom is -0.334 e. The van der Waals surface area contributed by atoms with Crippen LogP contribution in [0.5, 0.6) is 0 Å². The number of hydrogen-bond donors (Lipinski definition) is 1. The van der Waals surface area contributed by atoms with Crippen molar-refractivity contribution < 1.29 is 12.9 Å². The van der Waals surface area contributed by atoms with E-state index in [0.717, 1.165) is 17.4 Å². The summed E-state index contributed by atoms with van der Waals surface area (Å²) >= 11 is 0. The van der Waals surface area contributed by atoms with Crippen LogP contribution in [0.4, 0.5) is 5.69 Å². The lowest BCUT2D eigenvalue weighted by Crippen LogP contribution is -2.09. The molecule has 1 aromatic heterocycles. The van der Waals surface area contributed by atoms with Crippen LogP contribution in [0, 0.1) is 6.92 Å². The van der Waals surface area contributed by atoms with Crippen LogP contribution in [-0.2, 0) is 10.0 Å². The van der Waals surface area contributed by atoms with E-state index >= 15 is 0 Å². The van der Waals surface area contributed by atoms with E-state index in [2.05, 4.69) is 20.9 Å². The molecule has 1 N–H and O–H groups in total. The van der Waals surface area contributed by atoms with E-state index in [9.17, 15) is 8.42 Å². The number of aryl methyl sites for hydroxylation is 1. The molecule has 1 atom stereocenters. The van der Waals surface area contributed by atoms with Crippen LogP contribution < -0.4 is 4.72 Å². The summed E-state index contributed by atoms with van der Waals surface area (Å²) in [4.78, 5) is 4.47. The molecule has 0 aliphatic carbocycles. The van der Waals surface area contributed by atoms with Gasteiger partial charge in [-0.25, -0.2) is 8.42 Å². The fraction of sp³-hybridized carbons (Fsp3) is 0.222. The van der Waals surface area contributed by atoms with Crippen molar-refractivity contribution in [3.63, 3.8) is 0 Å². The van der Waals surface area contributed by atoms with E-state index in [-0.39, 0.29) is 5.92 Å². The molecule has 3 rings (SSSR count). The SMILES string of the molecule is Cc1cccc(C(C)c2noc(-c3ccc(NS(C)(=O)=O)cc3)n2)c1. The zero-order valence-corrected chi connectivity index (χ0v) is 15.0. The van der Waals surface area contributed by atoms with Gasteiger partial charge in [-0.1, -0.05) is 41.9 Å². The largest absolute Gasteiger partial charge is 0.334 e. The van der Waals surface area contributed by atoms with E-state index in [1.807, 2.05) is 32.0 Å². The Morgan fingerprint density at radius 2 is 1.84 bits per heavy atom. The second-order valence-electron chi connectivity index (χ2n) is 6.05. The predicted octanol–water partition coefficient (Wildman–Crippen LogP) is 3.57. The fourth-order valence-electron chi connectivity index (χ4n) is 2.51. The average molecular weight is 357 g/mol. The first kappa shape index (κ1) is 17.2. The molecule has 25 heavy (non-hydrogen) atoms. The van der Waals surface area contributed by atoms with Gasteiger partial charge >= 0.3 is 0 Å². The maximum absolute atomic E-state index is 11.2. The Hall–Kier alpha value is -2.67. The molecular formula is C18H19N3O3S. The second-order valence-corrected chi connectivity index (χ2v) is 7.79. The molecule has 0 saturated heterocycles. The third kappa shape index (κ3) is 4.24. The molecule has 6 nitrogen and oxygen atoms in total. The molecule has 0 aliphatic heterocycles. The average Bonchev–Trinajstić information content (AvgIpc) is 3.03. The third-order valence-corrected chi connectivity index (χ3v) is 4.41. The van der Waals surface area contributed by atoms with Crippen molar-refractivity contribution in [3.05, 3.63) is 65.5 Å². The topological polar surface area (TPSA) is 85.1 Å². The highest BCUT2D eigenvalue weighted by Crippen LogP contribution is 2.26. The highest BCUT2D eigenvalue weighted by Gasteiger charge is 2.17. The number of benzene rings is 2. The molecule has 1 heterocycles. The van der Waals surface area contributed by atoms with E-state index in [4.69, 9.17) is 4.52 Å². The molecule has 3 aromatic rings. The van der Waals surface area contributed by atoms with Crippen LogP contribution in [0.3, 0.4) is 0 Å². The summed E-state index contributed by atoms with van der Waals surface area (Å²) in [5.41, 5.74) is 3.52. The summed E-state index contributed by atoms with van der Waals surface area (Å²) < 4.78 is 30.3. The van der Waals surface area contributed by atoms with Crippen LogP contribution >= 0.6 is 0 Å². The zero-order chi connectivity index (χ0) is 18.0. The van der Waals surface area contributed by atoms with Gasteiger partial charge in [0.25, 0.3) is 5.89 Å². The van der Waals surface area contributed by atoms with Crippen molar-refractivity contribution in [2.24, 2.45) is 0 Å². The molecule has 0 radical (unpaired) electrons. The van der Waals surface area contributed by atoms with Crippen molar-refractivity contribution in [1.29, 1.82) is 0 Å². The van der Waals surface area contributed by atoms with Gasteiger partial charge in [0.1, 0.15) is 0 Å². The molecule has 0 spiro atoms. The summed E-state index contributed by atoms with van der Waals surface area (Å²) in [5, 5.41) is 4.08. The van der Waals surface area contributed by atoms with Crippen LogP contribution in [-0.4, -0.2) is 24.8 Å². The van der Waals surface area contributed by atoms with Gasteiger partial charge in [-0.05, 0) is 36.8 Å². The molecule has 7 heteroatoms. The summed E-state index contributed by atoms with van der Waals surface area (Å²) in [5.74, 6) is 1.03. The van der Waals surface area contributed by atoms with E-state index < -0.39 is 10.0 Å². The van der Waals surface area contributed by atoms with Crippen molar-refractivity contribution in [1.82, 2.24) is 10.1 Å². The summed E-state index contributed by atoms with van der Waals surface area (Å²) in [7, 11) is -3.30. The first-order valence-electron chi connectivity index (χ1n) is 7.80. The monoisotopic (exact) mass is 357 g/mol. The van der Waals surface area contributed by atoms with E-state index in [0.29, 0.717) is 17.4 Å². The Morgan fingerprint density at radius 1 is 1.12 bits per heavy atom. The number of nitrogens with one attached hydrogen (secondary N) is 1. The number of aromatic nitrogens is 2. The molecular weight excluding hydrogens is 338 g/mol. The number of hydrogen-bond acceptors (Lipinski definition) is 5. The summed E-state index contributed by atoms with van der Waals surface area (Å²) in [6, 6.07) is 15.0. The van der Waals surface area contributed by atoms with Crippen molar-refractivity contribution >= 4 is 15.7 Å². The molecule has 0 fully saturated rings. The van der Waals surface area contributed by atoms with Crippen LogP contribution in [0.25, 0.3) is 11.5 Å². The number of sulfonamides is 1. The Bertz CT molecular complexity index is 979. The Balaban J connectivity index is 1.81. The van der Waals surface area contributed by atoms with Gasteiger partial charge in [0.05, 0.1) is 6.26 Å². The Morgan fingerprint density at radius 3 is 2.48 bits per heavy atom. The quantitative estimate of drug-likeness (QED) is 0.754. The Kier molecular flexibility index (Phi) is 4.59. The van der Waals surface area contributed by atoms with Gasteiger partial charge in [0, 0.05) is 17.2 Å². The van der Waals surface area contributed by atoms with Crippen molar-refractivity contribution in [2.45, 2.75) is 19.8 Å². The number of rotatable bonds is 5. The molecule has 2 aromatic carbocycles. The minimum atomic E-state index is -3.30. The maximum Gasteiger partial charge on any atom is 0.257 e. The van der Waals surface area contributed by atoms with Gasteiger partial charge in [-0.15, -0.1) is 0 Å². The second kappa shape index (κ2) is 6.68. The minimum absolute atomic E-state index is 0.0172. The lowest BCUT2D eigenvalue weighted by atomic mass is 9.99. The molecule has 0 saturated carbocycles. The molecule has 0 amide bonds. The van der Waals surface area contributed by atoms with Crippen LogP contribution in [0.15, 0.2) is 53.1 Å². The lowest BCUT2D eigenvalue weighted by Gasteiger charge is -2.07. The van der Waals surface area contributed by atoms with Crippen molar-refractivity contribution in [3.8, 4) is 11.5 Å². The third-order valence-electron chi connectivity index (χ3n) is 3.81. The molecule has 0 aliphatic rings. The summed E-state index contributed by atoms with van der Waals surface area (Å²) in [6.45, 7) is 4.08. The first-order chi connectivity index (χ1) is 11.8. The van der Waals surface area contributed by atoms with E-state index in [1.165, 1.54) is 5.56 Å². The van der Waals surface area contributed by atoms with Crippen molar-refractivity contribution in [2.75, 3.05) is 11.0 Å². The maximum atomic E-state index is 11.2. The van der Waals surface area contributed by atoms with Gasteiger partial charge in [0.15, 0.2) is 5.82 Å². The van der Waals surface area contributed by atoms with Gasteiger partial charge in [-0.2, -0.15) is 4.98 Å². The van der Waals surface area contributed by atoms with Crippen LogP contribution in [0.2, 0.25) is 0 Å². The highest BCUT2D eigenvalue weighted by atomic mass is 32.2. The molecule has 1 unspecified atom stereocenters. The standard InChI is InChI=1S/C18H19N3O3S/c1-12-5-4-6-15(11-12)13(2)17-19-18(24-20-17)14-7-9-16(10-8-14)21-25(3,22)23/h4-11,13,21H,1-3H3. The first-order valence-corrected chi connectivity index (χ1v) is 9.69. The Labute approximate surface area is 147 Å². The number of anilines is 1. The van der Waals surface area contributed by atoms with Gasteiger partial charge < -0.3 is 4.52 Å².